The van der Waals surface area contributed by atoms with Crippen LogP contribution in [0.2, 0.25) is 0 Å². The van der Waals surface area contributed by atoms with E-state index < -0.39 is 20.7 Å². The molecule has 0 aliphatic rings. The lowest BCUT2D eigenvalue weighted by atomic mass is 10.3. The number of nitrogens with one attached hydrogen (secondary N) is 1. The smallest absolute Gasteiger partial charge is 0.305 e. The molecule has 1 aromatic carbocycles. The molecule has 0 aliphatic carbocycles. The second-order valence-corrected chi connectivity index (χ2v) is 6.53. The normalized spacial score (nSPS) is 11.3. The Balaban J connectivity index is 2.56. The van der Waals surface area contributed by atoms with Gasteiger partial charge >= 0.3 is 5.97 Å². The summed E-state index contributed by atoms with van der Waals surface area (Å²) in [4.78, 5) is 10.6. The van der Waals surface area contributed by atoms with Crippen molar-refractivity contribution in [2.75, 3.05) is 13.2 Å². The molecule has 0 bridgehead atoms. The Hall–Kier alpha value is -0.990. The van der Waals surface area contributed by atoms with Crippen molar-refractivity contribution in [1.29, 1.82) is 0 Å². The maximum Gasteiger partial charge on any atom is 0.305 e. The number of carbonyl (C=O) groups is 1. The molecule has 1 aromatic rings. The average Bonchev–Trinajstić information content (AvgIpc) is 2.34. The summed E-state index contributed by atoms with van der Waals surface area (Å²) in [5, 5.41) is 0. The van der Waals surface area contributed by atoms with E-state index in [1.807, 2.05) is 0 Å². The highest BCUT2D eigenvalue weighted by molar-refractivity contribution is 9.10. The highest BCUT2D eigenvalue weighted by atomic mass is 79.9. The summed E-state index contributed by atoms with van der Waals surface area (Å²) >= 11 is 3.05. The molecule has 0 aliphatic heterocycles. The number of hydrogen-bond acceptors (Lipinski definition) is 4. The number of hydrogen-bond donors (Lipinski definition) is 1. The van der Waals surface area contributed by atoms with Gasteiger partial charge in [0.05, 0.1) is 6.61 Å². The van der Waals surface area contributed by atoms with E-state index >= 15 is 0 Å². The zero-order valence-electron chi connectivity index (χ0n) is 10.9. The van der Waals surface area contributed by atoms with Crippen molar-refractivity contribution >= 4 is 31.9 Å². The van der Waals surface area contributed by atoms with E-state index in [9.17, 15) is 17.6 Å². The first-order chi connectivity index (χ1) is 9.36. The predicted octanol–water partition coefficient (Wildman–Crippen LogP) is 2.21. The molecule has 8 heteroatoms. The number of halogens is 2. The van der Waals surface area contributed by atoms with Crippen molar-refractivity contribution in [2.45, 2.75) is 24.7 Å². The fourth-order valence-corrected chi connectivity index (χ4v) is 2.91. The van der Waals surface area contributed by atoms with Crippen LogP contribution in [0.5, 0.6) is 0 Å². The largest absolute Gasteiger partial charge is 0.466 e. The fraction of sp³-hybridized carbons (Fsp3) is 0.417. The molecule has 0 unspecified atom stereocenters. The summed E-state index contributed by atoms with van der Waals surface area (Å²) in [6, 6.07) is 3.69. The third-order valence-corrected chi connectivity index (χ3v) is 4.33. The van der Waals surface area contributed by atoms with Gasteiger partial charge in [0.2, 0.25) is 10.0 Å². The molecular weight excluding hydrogens is 353 g/mol. The Bertz CT molecular complexity index is 577. The van der Waals surface area contributed by atoms with E-state index in [2.05, 4.69) is 20.7 Å². The summed E-state index contributed by atoms with van der Waals surface area (Å²) in [6.07, 6.45) is 0.398. The van der Waals surface area contributed by atoms with Gasteiger partial charge in [-0.3, -0.25) is 4.79 Å². The van der Waals surface area contributed by atoms with Gasteiger partial charge in [0.15, 0.2) is 0 Å². The lowest BCUT2D eigenvalue weighted by molar-refractivity contribution is -0.143. The number of esters is 1. The van der Waals surface area contributed by atoms with Crippen molar-refractivity contribution in [3.63, 3.8) is 0 Å². The van der Waals surface area contributed by atoms with Crippen LogP contribution >= 0.6 is 15.9 Å². The van der Waals surface area contributed by atoms with E-state index in [0.717, 1.165) is 6.07 Å². The molecule has 1 rings (SSSR count). The topological polar surface area (TPSA) is 72.5 Å². The first kappa shape index (κ1) is 17.1. The molecule has 112 valence electrons. The molecule has 0 radical (unpaired) electrons. The van der Waals surface area contributed by atoms with Crippen LogP contribution in [0, 0.1) is 5.82 Å². The number of sulfonamides is 1. The average molecular weight is 368 g/mol. The Kier molecular flexibility index (Phi) is 6.57. The second kappa shape index (κ2) is 7.70. The third kappa shape index (κ3) is 5.18. The van der Waals surface area contributed by atoms with Gasteiger partial charge in [-0.05, 0) is 31.5 Å². The summed E-state index contributed by atoms with van der Waals surface area (Å²) < 4.78 is 44.7. The van der Waals surface area contributed by atoms with E-state index in [0.29, 0.717) is 4.47 Å². The highest BCUT2D eigenvalue weighted by Gasteiger charge is 2.18. The lowest BCUT2D eigenvalue weighted by Gasteiger charge is -2.07. The van der Waals surface area contributed by atoms with Crippen LogP contribution in [0.4, 0.5) is 4.39 Å². The number of rotatable bonds is 7. The maximum absolute atomic E-state index is 13.6. The van der Waals surface area contributed by atoms with Crippen LogP contribution in [0.25, 0.3) is 0 Å². The molecule has 0 heterocycles. The maximum atomic E-state index is 13.6. The van der Waals surface area contributed by atoms with Crippen molar-refractivity contribution in [1.82, 2.24) is 4.72 Å². The molecule has 0 fully saturated rings. The van der Waals surface area contributed by atoms with E-state index in [4.69, 9.17) is 4.74 Å². The third-order valence-electron chi connectivity index (χ3n) is 2.34. The standard InChI is InChI=1S/C12H15BrFNO4S/c1-2-19-12(16)4-3-7-15-20(17,18)11-6-5-9(13)8-10(11)14/h5-6,8,15H,2-4,7H2,1H3. The minimum Gasteiger partial charge on any atom is -0.466 e. The van der Waals surface area contributed by atoms with E-state index in [1.165, 1.54) is 12.1 Å². The molecule has 0 aromatic heterocycles. The lowest BCUT2D eigenvalue weighted by Crippen LogP contribution is -2.26. The molecule has 20 heavy (non-hydrogen) atoms. The van der Waals surface area contributed by atoms with Crippen LogP contribution in [0.1, 0.15) is 19.8 Å². The Morgan fingerprint density at radius 1 is 1.45 bits per heavy atom. The Morgan fingerprint density at radius 2 is 2.15 bits per heavy atom. The van der Waals surface area contributed by atoms with Crippen LogP contribution < -0.4 is 4.72 Å². The van der Waals surface area contributed by atoms with Gasteiger partial charge in [0.1, 0.15) is 10.7 Å². The first-order valence-corrected chi connectivity index (χ1v) is 8.24. The van der Waals surface area contributed by atoms with Crippen molar-refractivity contribution in [3.05, 3.63) is 28.5 Å². The first-order valence-electron chi connectivity index (χ1n) is 5.97. The van der Waals surface area contributed by atoms with E-state index in [1.54, 1.807) is 6.92 Å². The fourth-order valence-electron chi connectivity index (χ4n) is 1.44. The van der Waals surface area contributed by atoms with Gasteiger partial charge in [-0.1, -0.05) is 15.9 Å². The van der Waals surface area contributed by atoms with Gasteiger partial charge in [0, 0.05) is 17.4 Å². The van der Waals surface area contributed by atoms with E-state index in [-0.39, 0.29) is 32.0 Å². The van der Waals surface area contributed by atoms with Gasteiger partial charge in [0.25, 0.3) is 0 Å². The SMILES string of the molecule is CCOC(=O)CCCNS(=O)(=O)c1ccc(Br)cc1F. The van der Waals surface area contributed by atoms with Gasteiger partial charge < -0.3 is 4.74 Å². The highest BCUT2D eigenvalue weighted by Crippen LogP contribution is 2.19. The Morgan fingerprint density at radius 3 is 2.75 bits per heavy atom. The van der Waals surface area contributed by atoms with Crippen LogP contribution in [-0.4, -0.2) is 27.5 Å². The number of carbonyl (C=O) groups excluding carboxylic acids is 1. The van der Waals surface area contributed by atoms with Crippen molar-refractivity contribution in [3.8, 4) is 0 Å². The minimum atomic E-state index is -3.92. The van der Waals surface area contributed by atoms with Gasteiger partial charge in [-0.15, -0.1) is 0 Å². The van der Waals surface area contributed by atoms with Crippen LogP contribution in [0.15, 0.2) is 27.6 Å². The molecule has 0 saturated heterocycles. The summed E-state index contributed by atoms with van der Waals surface area (Å²) in [7, 11) is -3.92. The molecule has 5 nitrogen and oxygen atoms in total. The van der Waals surface area contributed by atoms with Crippen molar-refractivity contribution < 1.29 is 22.3 Å². The quantitative estimate of drug-likeness (QED) is 0.592. The van der Waals surface area contributed by atoms with Gasteiger partial charge in [-0.2, -0.15) is 0 Å². The summed E-state index contributed by atoms with van der Waals surface area (Å²) in [6.45, 7) is 2.02. The van der Waals surface area contributed by atoms with Crippen LogP contribution in [-0.2, 0) is 19.6 Å². The monoisotopic (exact) mass is 367 g/mol. The van der Waals surface area contributed by atoms with Gasteiger partial charge in [-0.25, -0.2) is 17.5 Å². The number of benzene rings is 1. The number of ether oxygens (including phenoxy) is 1. The zero-order valence-corrected chi connectivity index (χ0v) is 13.3. The molecule has 0 amide bonds. The second-order valence-electron chi connectivity index (χ2n) is 3.88. The molecular formula is C12H15BrFNO4S. The molecule has 0 saturated carbocycles. The summed E-state index contributed by atoms with van der Waals surface area (Å²) in [5.74, 6) is -1.22. The summed E-state index contributed by atoms with van der Waals surface area (Å²) in [5.41, 5.74) is 0. The Labute approximate surface area is 125 Å². The van der Waals surface area contributed by atoms with Crippen molar-refractivity contribution in [2.24, 2.45) is 0 Å². The zero-order chi connectivity index (χ0) is 15.2. The molecule has 1 N–H and O–H groups in total. The molecule has 0 spiro atoms. The minimum absolute atomic E-state index is 0.0383. The molecule has 0 atom stereocenters. The van der Waals surface area contributed by atoms with Crippen LogP contribution in [0.3, 0.4) is 0 Å². The predicted molar refractivity (Wildman–Crippen MR) is 75.2 cm³/mol.